The molecule has 6 rings (SSSR count). The van der Waals surface area contributed by atoms with Gasteiger partial charge in [0.15, 0.2) is 0 Å². The largest absolute Gasteiger partial charge is 0.458 e. The monoisotopic (exact) mass is 393 g/mol. The minimum atomic E-state index is -0.611. The second-order valence-electron chi connectivity index (χ2n) is 7.44. The number of rotatable bonds is 3. The van der Waals surface area contributed by atoms with Crippen LogP contribution in [0.1, 0.15) is 58.5 Å². The number of nitrogens with one attached hydrogen (secondary N) is 1. The van der Waals surface area contributed by atoms with E-state index in [2.05, 4.69) is 20.2 Å². The first-order valence-corrected chi connectivity index (χ1v) is 9.53. The Morgan fingerprint density at radius 3 is 2.97 bits per heavy atom. The summed E-state index contributed by atoms with van der Waals surface area (Å²) in [6.07, 6.45) is 4.20. The van der Waals surface area contributed by atoms with Crippen molar-refractivity contribution in [3.05, 3.63) is 65.3 Å². The first-order valence-electron chi connectivity index (χ1n) is 9.53. The van der Waals surface area contributed by atoms with Crippen LogP contribution in [0.4, 0.5) is 4.39 Å². The number of fused-ring (bicyclic) bond motifs is 2. The van der Waals surface area contributed by atoms with Crippen molar-refractivity contribution < 1.29 is 18.0 Å². The van der Waals surface area contributed by atoms with E-state index in [1.54, 1.807) is 29.4 Å². The molecule has 1 N–H and O–H groups in total. The van der Waals surface area contributed by atoms with Crippen LogP contribution in [0, 0.1) is 5.82 Å². The standard InChI is InChI=1S/C20H16FN5O3/c21-12-2-1-3-14-11(12)8-15(28-14)17-16-13(22-9-23-16)6-7-26(17)20(27)19-25-24-18(29-19)10-4-5-10/h1-3,8-10,17H,4-7H2,(H,22,23)/t17-/m1/s1. The normalized spacial score (nSPS) is 18.9. The Kier molecular flexibility index (Phi) is 3.41. The fourth-order valence-corrected chi connectivity index (χ4v) is 3.90. The van der Waals surface area contributed by atoms with E-state index >= 15 is 0 Å². The molecule has 1 fully saturated rings. The molecule has 29 heavy (non-hydrogen) atoms. The van der Waals surface area contributed by atoms with Crippen molar-refractivity contribution in [3.63, 3.8) is 0 Å². The molecule has 0 unspecified atom stereocenters. The molecule has 9 heteroatoms. The molecule has 2 aliphatic rings. The van der Waals surface area contributed by atoms with Gasteiger partial charge in [0.25, 0.3) is 0 Å². The summed E-state index contributed by atoms with van der Waals surface area (Å²) in [5, 5.41) is 8.34. The molecule has 1 saturated carbocycles. The molecule has 0 saturated heterocycles. The van der Waals surface area contributed by atoms with Gasteiger partial charge in [0.05, 0.1) is 17.4 Å². The lowest BCUT2D eigenvalue weighted by molar-refractivity contribution is 0.0630. The molecule has 0 radical (unpaired) electrons. The zero-order valence-electron chi connectivity index (χ0n) is 15.3. The van der Waals surface area contributed by atoms with Gasteiger partial charge in [0.2, 0.25) is 5.89 Å². The van der Waals surface area contributed by atoms with Crippen LogP contribution in [0.3, 0.4) is 0 Å². The molecule has 146 valence electrons. The van der Waals surface area contributed by atoms with Gasteiger partial charge in [-0.1, -0.05) is 6.07 Å². The highest BCUT2D eigenvalue weighted by atomic mass is 19.1. The molecule has 4 heterocycles. The van der Waals surface area contributed by atoms with Crippen LogP contribution in [-0.4, -0.2) is 37.5 Å². The van der Waals surface area contributed by atoms with Crippen molar-refractivity contribution in [2.75, 3.05) is 6.54 Å². The number of hydrogen-bond donors (Lipinski definition) is 1. The van der Waals surface area contributed by atoms with E-state index in [0.717, 1.165) is 18.5 Å². The van der Waals surface area contributed by atoms with Crippen LogP contribution in [0.25, 0.3) is 11.0 Å². The Labute approximate surface area is 163 Å². The fraction of sp³-hybridized carbons (Fsp3) is 0.300. The topological polar surface area (TPSA) is 101 Å². The first-order chi connectivity index (χ1) is 14.2. The van der Waals surface area contributed by atoms with Crippen molar-refractivity contribution in [1.82, 2.24) is 25.1 Å². The lowest BCUT2D eigenvalue weighted by atomic mass is 10.00. The molecule has 1 aliphatic heterocycles. The summed E-state index contributed by atoms with van der Waals surface area (Å²) in [6.45, 7) is 0.416. The third-order valence-corrected chi connectivity index (χ3v) is 5.53. The molecule has 3 aromatic heterocycles. The molecule has 1 aromatic carbocycles. The maximum atomic E-state index is 14.2. The number of H-pyrrole nitrogens is 1. The Morgan fingerprint density at radius 2 is 2.14 bits per heavy atom. The van der Waals surface area contributed by atoms with Gasteiger partial charge in [-0.2, -0.15) is 0 Å². The second kappa shape index (κ2) is 6.00. The number of benzene rings is 1. The van der Waals surface area contributed by atoms with Gasteiger partial charge < -0.3 is 18.7 Å². The number of hydrogen-bond acceptors (Lipinski definition) is 6. The molecule has 1 amide bonds. The van der Waals surface area contributed by atoms with E-state index in [4.69, 9.17) is 8.83 Å². The number of carbonyl (C=O) groups is 1. The third kappa shape index (κ3) is 2.57. The lowest BCUT2D eigenvalue weighted by Crippen LogP contribution is -2.40. The van der Waals surface area contributed by atoms with Crippen LogP contribution < -0.4 is 0 Å². The van der Waals surface area contributed by atoms with E-state index in [9.17, 15) is 9.18 Å². The number of carbonyl (C=O) groups excluding carboxylic acids is 1. The van der Waals surface area contributed by atoms with E-state index in [1.165, 1.54) is 6.07 Å². The van der Waals surface area contributed by atoms with Crippen LogP contribution >= 0.6 is 0 Å². The van der Waals surface area contributed by atoms with E-state index in [0.29, 0.717) is 41.3 Å². The zero-order chi connectivity index (χ0) is 19.5. The van der Waals surface area contributed by atoms with E-state index in [-0.39, 0.29) is 23.5 Å². The van der Waals surface area contributed by atoms with Crippen LogP contribution in [0.5, 0.6) is 0 Å². The van der Waals surface area contributed by atoms with E-state index in [1.807, 2.05) is 0 Å². The highest BCUT2D eigenvalue weighted by Crippen LogP contribution is 2.40. The minimum absolute atomic E-state index is 0.0434. The number of imidazole rings is 1. The molecule has 8 nitrogen and oxygen atoms in total. The van der Waals surface area contributed by atoms with Crippen molar-refractivity contribution in [2.24, 2.45) is 0 Å². The van der Waals surface area contributed by atoms with Gasteiger partial charge in [0.1, 0.15) is 23.2 Å². The molecular weight excluding hydrogens is 377 g/mol. The average molecular weight is 393 g/mol. The number of aromatic nitrogens is 4. The van der Waals surface area contributed by atoms with Crippen molar-refractivity contribution in [1.29, 1.82) is 0 Å². The zero-order valence-corrected chi connectivity index (χ0v) is 15.3. The SMILES string of the molecule is O=C(c1nnc(C2CC2)o1)N1CCc2[nH]cnc2[C@H]1c1cc2c(F)cccc2o1. The second-order valence-corrected chi connectivity index (χ2v) is 7.44. The Bertz CT molecular complexity index is 1240. The lowest BCUT2D eigenvalue weighted by Gasteiger charge is -2.32. The summed E-state index contributed by atoms with van der Waals surface area (Å²) in [7, 11) is 0. The summed E-state index contributed by atoms with van der Waals surface area (Å²) in [6, 6.07) is 5.68. The summed E-state index contributed by atoms with van der Waals surface area (Å²) < 4.78 is 25.8. The van der Waals surface area contributed by atoms with Crippen LogP contribution in [0.2, 0.25) is 0 Å². The van der Waals surface area contributed by atoms with E-state index < -0.39 is 6.04 Å². The first kappa shape index (κ1) is 16.5. The maximum Gasteiger partial charge on any atom is 0.312 e. The van der Waals surface area contributed by atoms with Gasteiger partial charge in [-0.3, -0.25) is 4.79 Å². The highest BCUT2D eigenvalue weighted by molar-refractivity contribution is 5.90. The number of amides is 1. The van der Waals surface area contributed by atoms with Crippen LogP contribution in [-0.2, 0) is 6.42 Å². The molecule has 1 aliphatic carbocycles. The van der Waals surface area contributed by atoms with Crippen LogP contribution in [0.15, 0.2) is 39.4 Å². The third-order valence-electron chi connectivity index (χ3n) is 5.53. The van der Waals surface area contributed by atoms with Gasteiger partial charge in [-0.05, 0) is 31.0 Å². The Balaban J connectivity index is 1.44. The van der Waals surface area contributed by atoms with Crippen molar-refractivity contribution in [3.8, 4) is 0 Å². The molecular formula is C20H16FN5O3. The summed E-state index contributed by atoms with van der Waals surface area (Å²) >= 11 is 0. The molecule has 0 bridgehead atoms. The summed E-state index contributed by atoms with van der Waals surface area (Å²) in [4.78, 5) is 22.3. The minimum Gasteiger partial charge on any atom is -0.458 e. The average Bonchev–Trinajstić information content (AvgIpc) is 3.13. The van der Waals surface area contributed by atoms with Gasteiger partial charge in [-0.25, -0.2) is 9.37 Å². The summed E-state index contributed by atoms with van der Waals surface area (Å²) in [5.41, 5.74) is 2.01. The number of furan rings is 1. The summed E-state index contributed by atoms with van der Waals surface area (Å²) in [5.74, 6) is 0.403. The molecule has 4 aromatic rings. The maximum absolute atomic E-state index is 14.2. The Hall–Kier alpha value is -3.49. The fourth-order valence-electron chi connectivity index (χ4n) is 3.90. The smallest absolute Gasteiger partial charge is 0.312 e. The number of aromatic amines is 1. The number of halogens is 1. The van der Waals surface area contributed by atoms with Crippen molar-refractivity contribution in [2.45, 2.75) is 31.2 Å². The molecule has 0 spiro atoms. The van der Waals surface area contributed by atoms with Gasteiger partial charge in [-0.15, -0.1) is 10.2 Å². The quantitative estimate of drug-likeness (QED) is 0.573. The van der Waals surface area contributed by atoms with Gasteiger partial charge in [0, 0.05) is 24.6 Å². The highest BCUT2D eigenvalue weighted by Gasteiger charge is 2.39. The van der Waals surface area contributed by atoms with Gasteiger partial charge >= 0.3 is 11.8 Å². The number of nitrogens with zero attached hydrogens (tertiary/aromatic N) is 4. The Morgan fingerprint density at radius 1 is 1.24 bits per heavy atom. The predicted octanol–water partition coefficient (Wildman–Crippen LogP) is 3.34. The van der Waals surface area contributed by atoms with Crippen molar-refractivity contribution >= 4 is 16.9 Å². The predicted molar refractivity (Wildman–Crippen MR) is 97.6 cm³/mol. The molecule has 1 atom stereocenters.